The van der Waals surface area contributed by atoms with Crippen LogP contribution in [-0.2, 0) is 6.42 Å². The van der Waals surface area contributed by atoms with Gasteiger partial charge in [-0.15, -0.1) is 0 Å². The minimum atomic E-state index is -0.857. The first kappa shape index (κ1) is 16.4. The van der Waals surface area contributed by atoms with E-state index in [0.29, 0.717) is 17.7 Å². The molecule has 0 saturated carbocycles. The lowest BCUT2D eigenvalue weighted by molar-refractivity contribution is -0.385. The van der Waals surface area contributed by atoms with Crippen molar-refractivity contribution in [1.29, 1.82) is 0 Å². The van der Waals surface area contributed by atoms with E-state index in [2.05, 4.69) is 12.2 Å². The summed E-state index contributed by atoms with van der Waals surface area (Å²) in [6, 6.07) is 11.7. The smallest absolute Gasteiger partial charge is 0.325 e. The van der Waals surface area contributed by atoms with Gasteiger partial charge in [-0.25, -0.2) is 4.79 Å². The molecule has 0 spiro atoms. The van der Waals surface area contributed by atoms with E-state index in [4.69, 9.17) is 4.74 Å². The highest BCUT2D eigenvalue weighted by molar-refractivity contribution is 5.95. The number of amides is 2. The highest BCUT2D eigenvalue weighted by Crippen LogP contribution is 2.46. The van der Waals surface area contributed by atoms with E-state index in [1.165, 1.54) is 17.7 Å². The molecule has 2 aliphatic heterocycles. The number of nitro benzene ring substituents is 1. The van der Waals surface area contributed by atoms with Gasteiger partial charge >= 0.3 is 6.03 Å². The summed E-state index contributed by atoms with van der Waals surface area (Å²) in [5, 5.41) is 14.0. The zero-order valence-electron chi connectivity index (χ0n) is 14.6. The van der Waals surface area contributed by atoms with E-state index in [1.54, 1.807) is 11.0 Å². The molecule has 7 heteroatoms. The maximum Gasteiger partial charge on any atom is 0.325 e. The van der Waals surface area contributed by atoms with Gasteiger partial charge in [-0.2, -0.15) is 0 Å². The number of fused-ring (bicyclic) bond motifs is 4. The van der Waals surface area contributed by atoms with E-state index < -0.39 is 10.6 Å². The van der Waals surface area contributed by atoms with Crippen molar-refractivity contribution in [2.45, 2.75) is 38.5 Å². The molecule has 1 saturated heterocycles. The van der Waals surface area contributed by atoms with Gasteiger partial charge in [0.25, 0.3) is 5.69 Å². The number of non-ortho nitro benzene ring substituents is 1. The van der Waals surface area contributed by atoms with Crippen LogP contribution in [0.5, 0.6) is 5.75 Å². The monoisotopic (exact) mass is 353 g/mol. The van der Waals surface area contributed by atoms with E-state index in [0.717, 1.165) is 12.1 Å². The van der Waals surface area contributed by atoms with Gasteiger partial charge in [0.05, 0.1) is 11.0 Å². The molecule has 2 atom stereocenters. The first-order valence-corrected chi connectivity index (χ1v) is 8.58. The minimum Gasteiger partial charge on any atom is -0.467 e. The SMILES string of the molecule is CCc1ccc(N2C(=O)N[C@@H]3C[C@@]2(C)Oc2ccc([N+](=O)[O-])cc23)cc1. The van der Waals surface area contributed by atoms with Crippen LogP contribution in [0.25, 0.3) is 0 Å². The van der Waals surface area contributed by atoms with Crippen LogP contribution in [0.2, 0.25) is 0 Å². The first-order chi connectivity index (χ1) is 12.4. The quantitative estimate of drug-likeness (QED) is 0.669. The van der Waals surface area contributed by atoms with Crippen molar-refractivity contribution < 1.29 is 14.5 Å². The minimum absolute atomic E-state index is 0.0113. The molecule has 0 aliphatic carbocycles. The van der Waals surface area contributed by atoms with Gasteiger partial charge in [0.2, 0.25) is 0 Å². The van der Waals surface area contributed by atoms with Gasteiger partial charge in [0.15, 0.2) is 5.72 Å². The van der Waals surface area contributed by atoms with Crippen molar-refractivity contribution in [2.24, 2.45) is 0 Å². The number of anilines is 1. The number of carbonyl (C=O) groups excluding carboxylic acids is 1. The maximum atomic E-state index is 12.8. The Morgan fingerprint density at radius 2 is 2.04 bits per heavy atom. The molecule has 2 aliphatic rings. The molecule has 0 aromatic heterocycles. The number of benzene rings is 2. The predicted molar refractivity (Wildman–Crippen MR) is 96.3 cm³/mol. The number of urea groups is 1. The maximum absolute atomic E-state index is 12.8. The number of hydrogen-bond donors (Lipinski definition) is 1. The summed E-state index contributed by atoms with van der Waals surface area (Å²) in [6.45, 7) is 3.95. The second-order valence-corrected chi connectivity index (χ2v) is 6.82. The molecule has 1 fully saturated rings. The van der Waals surface area contributed by atoms with Crippen LogP contribution in [0.3, 0.4) is 0 Å². The number of hydrogen-bond acceptors (Lipinski definition) is 4. The number of nitrogens with one attached hydrogen (secondary N) is 1. The highest BCUT2D eigenvalue weighted by Gasteiger charge is 2.50. The topological polar surface area (TPSA) is 84.7 Å². The second kappa shape index (κ2) is 5.72. The highest BCUT2D eigenvalue weighted by atomic mass is 16.6. The molecule has 4 rings (SSSR count). The molecule has 0 radical (unpaired) electrons. The van der Waals surface area contributed by atoms with E-state index >= 15 is 0 Å². The third-order valence-corrected chi connectivity index (χ3v) is 5.07. The summed E-state index contributed by atoms with van der Waals surface area (Å²) >= 11 is 0. The number of nitro groups is 1. The molecule has 2 aromatic rings. The Hall–Kier alpha value is -3.09. The van der Waals surface area contributed by atoms with E-state index in [-0.39, 0.29) is 17.8 Å². The Morgan fingerprint density at radius 3 is 2.69 bits per heavy atom. The summed E-state index contributed by atoms with van der Waals surface area (Å²) in [5.41, 5.74) is 1.72. The number of nitrogens with zero attached hydrogens (tertiary/aromatic N) is 2. The van der Waals surface area contributed by atoms with Crippen LogP contribution in [-0.4, -0.2) is 16.7 Å². The summed E-state index contributed by atoms with van der Waals surface area (Å²) in [4.78, 5) is 25.0. The number of ether oxygens (including phenoxy) is 1. The van der Waals surface area contributed by atoms with Gasteiger partial charge in [-0.05, 0) is 37.1 Å². The van der Waals surface area contributed by atoms with E-state index in [1.807, 2.05) is 31.2 Å². The molecule has 1 N–H and O–H groups in total. The molecule has 2 aromatic carbocycles. The Morgan fingerprint density at radius 1 is 1.31 bits per heavy atom. The fraction of sp³-hybridized carbons (Fsp3) is 0.316. The first-order valence-electron chi connectivity index (χ1n) is 8.58. The Bertz CT molecular complexity index is 896. The Balaban J connectivity index is 1.74. The number of carbonyl (C=O) groups is 1. The van der Waals surface area contributed by atoms with Crippen molar-refractivity contribution in [1.82, 2.24) is 5.32 Å². The molecule has 134 valence electrons. The van der Waals surface area contributed by atoms with Gasteiger partial charge in [-0.1, -0.05) is 19.1 Å². The van der Waals surface area contributed by atoms with Crippen molar-refractivity contribution in [3.05, 3.63) is 63.7 Å². The Kier molecular flexibility index (Phi) is 3.61. The predicted octanol–water partition coefficient (Wildman–Crippen LogP) is 3.93. The third-order valence-electron chi connectivity index (χ3n) is 5.07. The van der Waals surface area contributed by atoms with E-state index in [9.17, 15) is 14.9 Å². The van der Waals surface area contributed by atoms with Gasteiger partial charge in [-0.3, -0.25) is 15.0 Å². The average Bonchev–Trinajstić information content (AvgIpc) is 2.61. The number of rotatable bonds is 3. The van der Waals surface area contributed by atoms with Crippen LogP contribution in [0.15, 0.2) is 42.5 Å². The van der Waals surface area contributed by atoms with Crippen LogP contribution >= 0.6 is 0 Å². The van der Waals surface area contributed by atoms with Crippen molar-refractivity contribution in [3.8, 4) is 5.75 Å². The average molecular weight is 353 g/mol. The van der Waals surface area contributed by atoms with Gasteiger partial charge < -0.3 is 10.1 Å². The van der Waals surface area contributed by atoms with Crippen LogP contribution in [0, 0.1) is 10.1 Å². The lowest BCUT2D eigenvalue weighted by Crippen LogP contribution is -2.65. The molecule has 26 heavy (non-hydrogen) atoms. The van der Waals surface area contributed by atoms with Crippen LogP contribution < -0.4 is 15.0 Å². The molecule has 7 nitrogen and oxygen atoms in total. The summed E-state index contributed by atoms with van der Waals surface area (Å²) in [7, 11) is 0. The zero-order valence-corrected chi connectivity index (χ0v) is 14.6. The molecule has 0 unspecified atom stereocenters. The van der Waals surface area contributed by atoms with Crippen LogP contribution in [0.1, 0.15) is 37.4 Å². The molecule has 2 bridgehead atoms. The largest absolute Gasteiger partial charge is 0.467 e. The van der Waals surface area contributed by atoms with Crippen molar-refractivity contribution in [3.63, 3.8) is 0 Å². The fourth-order valence-electron chi connectivity index (χ4n) is 3.75. The molecule has 2 heterocycles. The zero-order chi connectivity index (χ0) is 18.5. The summed E-state index contributed by atoms with van der Waals surface area (Å²) in [6.07, 6.45) is 1.43. The molecular formula is C19H19N3O4. The normalized spacial score (nSPS) is 23.7. The van der Waals surface area contributed by atoms with Crippen molar-refractivity contribution >= 4 is 17.4 Å². The van der Waals surface area contributed by atoms with Gasteiger partial charge in [0, 0.05) is 29.8 Å². The summed E-state index contributed by atoms with van der Waals surface area (Å²) < 4.78 is 6.16. The lowest BCUT2D eigenvalue weighted by atomic mass is 9.90. The second-order valence-electron chi connectivity index (χ2n) is 6.82. The number of aryl methyl sites for hydroxylation is 1. The molecular weight excluding hydrogens is 334 g/mol. The third kappa shape index (κ3) is 2.47. The van der Waals surface area contributed by atoms with Crippen molar-refractivity contribution in [2.75, 3.05) is 4.90 Å². The summed E-state index contributed by atoms with van der Waals surface area (Å²) in [5.74, 6) is 0.560. The standard InChI is InChI=1S/C19H19N3O4/c1-3-12-4-6-13(7-5-12)21-18(23)20-16-11-19(21,2)26-17-9-8-14(22(24)25)10-15(16)17/h4-10,16H,3,11H2,1-2H3,(H,20,23)/t16-,19-/m1/s1. The lowest BCUT2D eigenvalue weighted by Gasteiger charge is -2.50. The van der Waals surface area contributed by atoms with Gasteiger partial charge in [0.1, 0.15) is 5.75 Å². The van der Waals surface area contributed by atoms with Crippen LogP contribution in [0.4, 0.5) is 16.2 Å². The Labute approximate surface area is 150 Å². The fourth-order valence-corrected chi connectivity index (χ4v) is 3.75. The molecule has 2 amide bonds.